The van der Waals surface area contributed by atoms with Gasteiger partial charge in [0.25, 0.3) is 0 Å². The number of ether oxygens (including phenoxy) is 1. The van der Waals surface area contributed by atoms with E-state index in [1.54, 1.807) is 0 Å². The fraction of sp³-hybridized carbons (Fsp3) is 0.250. The van der Waals surface area contributed by atoms with Gasteiger partial charge in [0, 0.05) is 6.61 Å². The van der Waals surface area contributed by atoms with Crippen LogP contribution in [0.3, 0.4) is 0 Å². The second-order valence-electron chi connectivity index (χ2n) is 6.99. The highest BCUT2D eigenvalue weighted by Crippen LogP contribution is 2.56. The van der Waals surface area contributed by atoms with E-state index < -0.39 is 7.26 Å². The summed E-state index contributed by atoms with van der Waals surface area (Å²) in [5, 5.41) is 4.35. The van der Waals surface area contributed by atoms with Gasteiger partial charge in [0.05, 0.1) is 12.3 Å². The molecule has 1 aliphatic heterocycles. The molecule has 0 radical (unpaired) electrons. The van der Waals surface area contributed by atoms with Gasteiger partial charge in [-0.1, -0.05) is 54.6 Å². The van der Waals surface area contributed by atoms with Crippen molar-refractivity contribution in [3.8, 4) is 0 Å². The molecule has 4 rings (SSSR count). The van der Waals surface area contributed by atoms with Gasteiger partial charge in [-0.2, -0.15) is 0 Å². The number of rotatable bonds is 5. The van der Waals surface area contributed by atoms with Gasteiger partial charge in [-0.05, 0) is 55.7 Å². The van der Waals surface area contributed by atoms with Crippen LogP contribution in [-0.2, 0) is 4.74 Å². The average Bonchev–Trinajstić information content (AvgIpc) is 2.75. The summed E-state index contributed by atoms with van der Waals surface area (Å²) in [6, 6.07) is 33.3. The second kappa shape index (κ2) is 9.64. The standard InChI is InChI=1S/C24H26OP.BrH/c1-4-13-22(14-5-1)26(23-15-6-2-7-16-23,24-17-8-3-9-18-24)20-21-12-10-11-19-25-21;/h1-9,13-18,21H,10-12,19-20H2;1H/q+1;/p-1. The number of benzene rings is 3. The Morgan fingerprint density at radius 3 is 1.48 bits per heavy atom. The van der Waals surface area contributed by atoms with Gasteiger partial charge < -0.3 is 21.7 Å². The van der Waals surface area contributed by atoms with E-state index >= 15 is 0 Å². The lowest BCUT2D eigenvalue weighted by Crippen LogP contribution is -3.00. The van der Waals surface area contributed by atoms with E-state index in [4.69, 9.17) is 4.74 Å². The predicted octanol–water partition coefficient (Wildman–Crippen LogP) is 1.55. The minimum atomic E-state index is -1.75. The molecule has 0 saturated carbocycles. The summed E-state index contributed by atoms with van der Waals surface area (Å²) < 4.78 is 6.23. The fourth-order valence-electron chi connectivity index (χ4n) is 4.07. The number of hydrogen-bond donors (Lipinski definition) is 0. The molecule has 0 aromatic heterocycles. The highest BCUT2D eigenvalue weighted by molar-refractivity contribution is 7.95. The Bertz CT molecular complexity index is 705. The van der Waals surface area contributed by atoms with E-state index in [1.807, 2.05) is 0 Å². The van der Waals surface area contributed by atoms with Crippen LogP contribution in [0.15, 0.2) is 91.0 Å². The normalized spacial score (nSPS) is 17.1. The van der Waals surface area contributed by atoms with Crippen molar-refractivity contribution in [1.29, 1.82) is 0 Å². The van der Waals surface area contributed by atoms with E-state index in [-0.39, 0.29) is 17.0 Å². The molecule has 0 bridgehead atoms. The molecule has 0 aliphatic carbocycles. The predicted molar refractivity (Wildman–Crippen MR) is 114 cm³/mol. The lowest BCUT2D eigenvalue weighted by atomic mass is 10.1. The molecule has 1 aliphatic rings. The van der Waals surface area contributed by atoms with Gasteiger partial charge in [0.2, 0.25) is 0 Å². The molecule has 3 aromatic rings. The fourth-order valence-corrected chi connectivity index (χ4v) is 8.54. The number of hydrogen-bond acceptors (Lipinski definition) is 1. The van der Waals surface area contributed by atoms with Crippen LogP contribution in [0.4, 0.5) is 0 Å². The monoisotopic (exact) mass is 440 g/mol. The van der Waals surface area contributed by atoms with Crippen molar-refractivity contribution in [2.45, 2.75) is 25.4 Å². The van der Waals surface area contributed by atoms with Crippen molar-refractivity contribution < 1.29 is 21.7 Å². The summed E-state index contributed by atoms with van der Waals surface area (Å²) in [5.41, 5.74) is 0. The van der Waals surface area contributed by atoms with E-state index in [0.29, 0.717) is 6.10 Å². The Morgan fingerprint density at radius 2 is 1.11 bits per heavy atom. The molecule has 1 atom stereocenters. The molecule has 1 unspecified atom stereocenters. The van der Waals surface area contributed by atoms with Crippen LogP contribution in [0, 0.1) is 0 Å². The molecule has 0 spiro atoms. The van der Waals surface area contributed by atoms with Crippen molar-refractivity contribution in [1.82, 2.24) is 0 Å². The molecule has 27 heavy (non-hydrogen) atoms. The third-order valence-electron chi connectivity index (χ3n) is 5.34. The van der Waals surface area contributed by atoms with Gasteiger partial charge in [-0.3, -0.25) is 0 Å². The lowest BCUT2D eigenvalue weighted by Gasteiger charge is -2.32. The zero-order valence-corrected chi connectivity index (χ0v) is 18.0. The summed E-state index contributed by atoms with van der Waals surface area (Å²) in [5.74, 6) is 0. The van der Waals surface area contributed by atoms with Crippen molar-refractivity contribution >= 4 is 23.2 Å². The topological polar surface area (TPSA) is 9.23 Å². The van der Waals surface area contributed by atoms with Crippen molar-refractivity contribution in [3.63, 3.8) is 0 Å². The first kappa shape index (κ1) is 20.3. The maximum Gasteiger partial charge on any atom is 0.114 e. The smallest absolute Gasteiger partial charge is 0.114 e. The van der Waals surface area contributed by atoms with Crippen molar-refractivity contribution in [2.75, 3.05) is 12.8 Å². The van der Waals surface area contributed by atoms with E-state index in [0.717, 1.165) is 12.8 Å². The summed E-state index contributed by atoms with van der Waals surface area (Å²) in [4.78, 5) is 0. The quantitative estimate of drug-likeness (QED) is 0.547. The molecular formula is C24H26BrOP. The SMILES string of the molecule is [Br-].c1ccc([P+](CC2CCCCO2)(c2ccccc2)c2ccccc2)cc1. The van der Waals surface area contributed by atoms with E-state index in [2.05, 4.69) is 91.0 Å². The molecule has 0 amide bonds. The highest BCUT2D eigenvalue weighted by atomic mass is 79.9. The van der Waals surface area contributed by atoms with E-state index in [1.165, 1.54) is 35.2 Å². The Balaban J connectivity index is 0.00000210. The molecule has 1 fully saturated rings. The van der Waals surface area contributed by atoms with Crippen LogP contribution >= 0.6 is 7.26 Å². The zero-order valence-electron chi connectivity index (χ0n) is 15.5. The average molecular weight is 441 g/mol. The molecule has 1 saturated heterocycles. The largest absolute Gasteiger partial charge is 1.00 e. The molecular weight excluding hydrogens is 415 g/mol. The summed E-state index contributed by atoms with van der Waals surface area (Å²) in [7, 11) is -1.75. The maximum absolute atomic E-state index is 6.23. The van der Waals surface area contributed by atoms with Crippen molar-refractivity contribution in [2.24, 2.45) is 0 Å². The van der Waals surface area contributed by atoms with Gasteiger partial charge in [0.15, 0.2) is 0 Å². The first-order valence-corrected chi connectivity index (χ1v) is 11.5. The minimum Gasteiger partial charge on any atom is -1.00 e. The van der Waals surface area contributed by atoms with Crippen LogP contribution < -0.4 is 32.9 Å². The molecule has 140 valence electrons. The van der Waals surface area contributed by atoms with Crippen molar-refractivity contribution in [3.05, 3.63) is 91.0 Å². The Morgan fingerprint density at radius 1 is 0.667 bits per heavy atom. The van der Waals surface area contributed by atoms with Crippen LogP contribution in [0.25, 0.3) is 0 Å². The second-order valence-corrected chi connectivity index (χ2v) is 10.5. The van der Waals surface area contributed by atoms with Gasteiger partial charge in [0.1, 0.15) is 23.2 Å². The van der Waals surface area contributed by atoms with Crippen LogP contribution in [-0.4, -0.2) is 18.9 Å². The molecule has 0 N–H and O–H groups in total. The zero-order chi connectivity index (χ0) is 17.7. The number of halogens is 1. The molecule has 3 heteroatoms. The summed E-state index contributed by atoms with van der Waals surface area (Å²) in [6.45, 7) is 0.906. The van der Waals surface area contributed by atoms with Gasteiger partial charge in [-0.15, -0.1) is 0 Å². The molecule has 3 aromatic carbocycles. The summed E-state index contributed by atoms with van der Waals surface area (Å²) >= 11 is 0. The van der Waals surface area contributed by atoms with Crippen LogP contribution in [0.5, 0.6) is 0 Å². The summed E-state index contributed by atoms with van der Waals surface area (Å²) in [6.07, 6.45) is 5.09. The Kier molecular flexibility index (Phi) is 7.24. The van der Waals surface area contributed by atoms with Gasteiger partial charge >= 0.3 is 0 Å². The maximum atomic E-state index is 6.23. The Hall–Kier alpha value is -1.47. The third kappa shape index (κ3) is 4.35. The van der Waals surface area contributed by atoms with Gasteiger partial charge in [-0.25, -0.2) is 0 Å². The molecule has 1 nitrogen and oxygen atoms in total. The van der Waals surface area contributed by atoms with E-state index in [9.17, 15) is 0 Å². The lowest BCUT2D eigenvalue weighted by molar-refractivity contribution is -0.00000987. The first-order valence-electron chi connectivity index (χ1n) is 9.56. The minimum absolute atomic E-state index is 0. The van der Waals surface area contributed by atoms with Crippen LogP contribution in [0.1, 0.15) is 19.3 Å². The Labute approximate surface area is 173 Å². The first-order chi connectivity index (χ1) is 12.9. The highest BCUT2D eigenvalue weighted by Gasteiger charge is 2.47. The molecule has 1 heterocycles. The van der Waals surface area contributed by atoms with Crippen LogP contribution in [0.2, 0.25) is 0 Å². The third-order valence-corrected chi connectivity index (χ3v) is 9.84.